The molecule has 2 saturated heterocycles. The van der Waals surface area contributed by atoms with Crippen LogP contribution in [0.15, 0.2) is 48.6 Å². The van der Waals surface area contributed by atoms with Gasteiger partial charge in [0.05, 0.1) is 32.0 Å². The molecule has 0 saturated carbocycles. The number of allylic oxidation sites excluding steroid dienone is 8. The van der Waals surface area contributed by atoms with Crippen LogP contribution >= 0.6 is 0 Å². The van der Waals surface area contributed by atoms with Crippen molar-refractivity contribution in [1.29, 1.82) is 0 Å². The number of amides is 1. The summed E-state index contributed by atoms with van der Waals surface area (Å²) in [6, 6.07) is -0.833. The van der Waals surface area contributed by atoms with Gasteiger partial charge in [-0.05, 0) is 51.4 Å². The molecule has 0 bridgehead atoms. The van der Waals surface area contributed by atoms with E-state index in [2.05, 4.69) is 67.8 Å². The fourth-order valence-corrected chi connectivity index (χ4v) is 12.9. The molecule has 2 aliphatic rings. The third kappa shape index (κ3) is 45.5. The average Bonchev–Trinajstić information content (AvgIpc) is 0.865. The molecule has 2 heterocycles. The summed E-state index contributed by atoms with van der Waals surface area (Å²) in [5, 5.41) is 87.8. The molecular weight excluding hydrogens is 1160 g/mol. The molecular formula is C78H145NO13. The minimum atomic E-state index is -1.78. The van der Waals surface area contributed by atoms with Crippen LogP contribution in [0.1, 0.15) is 348 Å². The maximum atomic E-state index is 13.4. The number of hydrogen-bond acceptors (Lipinski definition) is 13. The Hall–Kier alpha value is -2.05. The monoisotopic (exact) mass is 1300 g/mol. The molecule has 9 N–H and O–H groups in total. The molecule has 2 rings (SSSR count). The van der Waals surface area contributed by atoms with Gasteiger partial charge < -0.3 is 65.1 Å². The van der Waals surface area contributed by atoms with Crippen LogP contribution in [0.4, 0.5) is 0 Å². The van der Waals surface area contributed by atoms with Crippen molar-refractivity contribution in [2.45, 2.75) is 421 Å². The lowest BCUT2D eigenvalue weighted by Gasteiger charge is -2.46. The zero-order valence-electron chi connectivity index (χ0n) is 59.1. The van der Waals surface area contributed by atoms with Gasteiger partial charge in [0.1, 0.15) is 48.8 Å². The summed E-state index contributed by atoms with van der Waals surface area (Å²) in [6.45, 7) is 2.80. The number of carbonyl (C=O) groups is 1. The number of ether oxygens (including phenoxy) is 4. The minimum Gasteiger partial charge on any atom is -0.394 e. The Morgan fingerprint density at radius 3 is 1.15 bits per heavy atom. The molecule has 2 aliphatic heterocycles. The second kappa shape index (κ2) is 62.5. The molecule has 14 nitrogen and oxygen atoms in total. The first kappa shape index (κ1) is 86.0. The highest BCUT2D eigenvalue weighted by molar-refractivity contribution is 5.76. The van der Waals surface area contributed by atoms with Gasteiger partial charge in [0.15, 0.2) is 12.6 Å². The average molecular weight is 1310 g/mol. The van der Waals surface area contributed by atoms with E-state index in [1.54, 1.807) is 0 Å². The number of unbranched alkanes of at least 4 members (excludes halogenated alkanes) is 44. The van der Waals surface area contributed by atoms with Gasteiger partial charge in [-0.1, -0.05) is 339 Å². The van der Waals surface area contributed by atoms with Crippen LogP contribution in [0.25, 0.3) is 0 Å². The van der Waals surface area contributed by atoms with Crippen molar-refractivity contribution in [2.75, 3.05) is 19.8 Å². The van der Waals surface area contributed by atoms with E-state index in [-0.39, 0.29) is 12.5 Å². The van der Waals surface area contributed by atoms with Gasteiger partial charge in [0.25, 0.3) is 0 Å². The zero-order valence-corrected chi connectivity index (χ0v) is 59.1. The molecule has 0 aromatic rings. The van der Waals surface area contributed by atoms with E-state index in [0.717, 1.165) is 83.5 Å². The highest BCUT2D eigenvalue weighted by atomic mass is 16.7. The SMILES string of the molecule is CC/C=C\C/C=C\C/C=C\C/C=C\CCCCCCCCCCCCCCC(=O)NC(COC1OC(CO)C(OC2OC(CO)C(O)C(O)C2O)C(O)C1O)C(O)CCCCCCCCCCCCCCCCCCCCCCCCCCCCCCCCCCC. The minimum absolute atomic E-state index is 0.205. The Labute approximate surface area is 563 Å². The summed E-state index contributed by atoms with van der Waals surface area (Å²) in [6.07, 6.45) is 65.7. The van der Waals surface area contributed by atoms with Gasteiger partial charge in [-0.2, -0.15) is 0 Å². The van der Waals surface area contributed by atoms with Crippen LogP contribution in [0.5, 0.6) is 0 Å². The van der Waals surface area contributed by atoms with E-state index in [9.17, 15) is 45.6 Å². The lowest BCUT2D eigenvalue weighted by atomic mass is 9.97. The molecule has 12 unspecified atom stereocenters. The molecule has 0 aliphatic carbocycles. The van der Waals surface area contributed by atoms with Crippen LogP contribution in [0, 0.1) is 0 Å². The van der Waals surface area contributed by atoms with Crippen LogP contribution in [0.2, 0.25) is 0 Å². The van der Waals surface area contributed by atoms with Crippen LogP contribution in [-0.4, -0.2) is 140 Å². The highest BCUT2D eigenvalue weighted by Gasteiger charge is 2.51. The van der Waals surface area contributed by atoms with Crippen molar-refractivity contribution in [2.24, 2.45) is 0 Å². The number of aliphatic hydroxyl groups is 8. The Balaban J connectivity index is 1.61. The highest BCUT2D eigenvalue weighted by Crippen LogP contribution is 2.30. The van der Waals surface area contributed by atoms with Gasteiger partial charge in [-0.25, -0.2) is 0 Å². The molecule has 540 valence electrons. The molecule has 0 aromatic carbocycles. The lowest BCUT2D eigenvalue weighted by Crippen LogP contribution is -2.65. The summed E-state index contributed by atoms with van der Waals surface area (Å²) in [4.78, 5) is 13.4. The number of hydrogen-bond donors (Lipinski definition) is 9. The van der Waals surface area contributed by atoms with Gasteiger partial charge in [-0.15, -0.1) is 0 Å². The van der Waals surface area contributed by atoms with Gasteiger partial charge >= 0.3 is 0 Å². The molecule has 2 fully saturated rings. The Morgan fingerprint density at radius 1 is 0.402 bits per heavy atom. The first-order valence-electron chi connectivity index (χ1n) is 38.9. The molecule has 0 aromatic heterocycles. The predicted octanol–water partition coefficient (Wildman–Crippen LogP) is 17.0. The predicted molar refractivity (Wildman–Crippen MR) is 378 cm³/mol. The van der Waals surface area contributed by atoms with Crippen molar-refractivity contribution in [3.63, 3.8) is 0 Å². The first-order chi connectivity index (χ1) is 45.1. The summed E-state index contributed by atoms with van der Waals surface area (Å²) in [7, 11) is 0. The second-order valence-electron chi connectivity index (χ2n) is 27.5. The summed E-state index contributed by atoms with van der Waals surface area (Å²) in [5.41, 5.74) is 0. The third-order valence-corrected chi connectivity index (χ3v) is 19.1. The van der Waals surface area contributed by atoms with Gasteiger partial charge in [-0.3, -0.25) is 4.79 Å². The summed E-state index contributed by atoms with van der Waals surface area (Å²) < 4.78 is 23.0. The van der Waals surface area contributed by atoms with Gasteiger partial charge in [0, 0.05) is 6.42 Å². The second-order valence-corrected chi connectivity index (χ2v) is 27.5. The van der Waals surface area contributed by atoms with E-state index in [4.69, 9.17) is 18.9 Å². The van der Waals surface area contributed by atoms with Crippen LogP contribution in [0.3, 0.4) is 0 Å². The number of aliphatic hydroxyl groups excluding tert-OH is 8. The standard InChI is InChI=1S/C78H145NO13/c1-3-5-7-9-11-13-15-17-19-21-23-25-27-29-30-31-32-33-34-35-36-38-39-41-43-45-47-49-51-53-55-57-59-61-67(82)66(65-89-77-75(88)73(86)76(69(64-81)91-77)92-78-74(87)72(85)71(84)68(63-80)90-78)79-70(83)62-60-58-56-54-52-50-48-46-44-42-40-37-28-26-24-22-20-18-16-14-12-10-8-6-4-2/h6,8,12,14,18,20,24,26,66-69,71-78,80-82,84-88H,3-5,7,9-11,13,15-17,19,21-23,25,27-65H2,1-2H3,(H,79,83)/b8-6-,14-12-,20-18-,26-24-. The van der Waals surface area contributed by atoms with Crippen LogP contribution < -0.4 is 5.32 Å². The number of carbonyl (C=O) groups excluding carboxylic acids is 1. The molecule has 92 heavy (non-hydrogen) atoms. The zero-order chi connectivity index (χ0) is 66.6. The van der Waals surface area contributed by atoms with Crippen molar-refractivity contribution in [3.8, 4) is 0 Å². The first-order valence-corrected chi connectivity index (χ1v) is 38.9. The van der Waals surface area contributed by atoms with Gasteiger partial charge in [0.2, 0.25) is 5.91 Å². The fraction of sp³-hybridized carbons (Fsp3) is 0.885. The van der Waals surface area contributed by atoms with Crippen molar-refractivity contribution in [1.82, 2.24) is 5.32 Å². The van der Waals surface area contributed by atoms with E-state index in [1.165, 1.54) is 238 Å². The Kier molecular flexibility index (Phi) is 58.4. The smallest absolute Gasteiger partial charge is 0.220 e. The normalized spacial score (nSPS) is 22.9. The van der Waals surface area contributed by atoms with Crippen molar-refractivity contribution >= 4 is 5.91 Å². The Bertz CT molecular complexity index is 1730. The van der Waals surface area contributed by atoms with E-state index in [0.29, 0.717) is 12.8 Å². The fourth-order valence-electron chi connectivity index (χ4n) is 12.9. The Morgan fingerprint density at radius 2 is 0.750 bits per heavy atom. The van der Waals surface area contributed by atoms with Crippen molar-refractivity contribution in [3.05, 3.63) is 48.6 Å². The molecule has 1 amide bonds. The molecule has 14 heteroatoms. The summed E-state index contributed by atoms with van der Waals surface area (Å²) in [5.74, 6) is -0.205. The number of rotatable bonds is 65. The molecule has 0 radical (unpaired) electrons. The maximum Gasteiger partial charge on any atom is 0.220 e. The lowest BCUT2D eigenvalue weighted by molar-refractivity contribution is -0.359. The van der Waals surface area contributed by atoms with Crippen molar-refractivity contribution < 1.29 is 64.6 Å². The summed E-state index contributed by atoms with van der Waals surface area (Å²) >= 11 is 0. The third-order valence-electron chi connectivity index (χ3n) is 19.1. The number of nitrogens with one attached hydrogen (secondary N) is 1. The van der Waals surface area contributed by atoms with Crippen LogP contribution in [-0.2, 0) is 23.7 Å². The molecule has 12 atom stereocenters. The molecule has 0 spiro atoms. The largest absolute Gasteiger partial charge is 0.394 e. The topological polar surface area (TPSA) is 228 Å². The van der Waals surface area contributed by atoms with E-state index in [1.807, 2.05) is 0 Å². The van der Waals surface area contributed by atoms with E-state index >= 15 is 0 Å². The quantitative estimate of drug-likeness (QED) is 0.0204. The maximum absolute atomic E-state index is 13.4. The van der Waals surface area contributed by atoms with E-state index < -0.39 is 86.8 Å².